The maximum Gasteiger partial charge on any atom is 0.257 e. The maximum absolute atomic E-state index is 13.3. The minimum atomic E-state index is -0.252. The van der Waals surface area contributed by atoms with Gasteiger partial charge >= 0.3 is 0 Å². The van der Waals surface area contributed by atoms with Crippen LogP contribution in [0, 0.1) is 0 Å². The fourth-order valence-electron chi connectivity index (χ4n) is 4.21. The Morgan fingerprint density at radius 2 is 1.79 bits per heavy atom. The third kappa shape index (κ3) is 4.26. The monoisotopic (exact) mass is 480 g/mol. The molecular weight excluding hydrogens is 459 g/mol. The van der Waals surface area contributed by atoms with E-state index >= 15 is 0 Å². The summed E-state index contributed by atoms with van der Waals surface area (Å²) in [5, 5.41) is 8.52. The number of nitrogens with two attached hydrogens (primary N) is 1. The molecule has 0 atom stereocenters. The van der Waals surface area contributed by atoms with E-state index in [9.17, 15) is 4.79 Å². The van der Waals surface area contributed by atoms with Crippen molar-refractivity contribution in [1.82, 2.24) is 20.0 Å². The first-order valence-electron chi connectivity index (χ1n) is 10.9. The standard InChI is InChI=1S/C24H22Cl2N6O/c25-16-11-10-14(12-17(16)26)13-28-32-22(27)20(24(33)29-15-6-2-1-3-7-15)21-23(32)31-19-9-5-4-8-18(19)30-21/h4-5,8-13,15H,1-3,6-7,27H2,(H,29,33)/b28-13+. The van der Waals surface area contributed by atoms with Gasteiger partial charge in [0.2, 0.25) is 0 Å². The minimum absolute atomic E-state index is 0.136. The molecule has 1 aliphatic rings. The number of amides is 1. The van der Waals surface area contributed by atoms with Crippen molar-refractivity contribution >= 4 is 63.3 Å². The summed E-state index contributed by atoms with van der Waals surface area (Å²) in [7, 11) is 0. The number of para-hydroxylation sites is 2. The van der Waals surface area contributed by atoms with Crippen LogP contribution in [0.25, 0.3) is 22.2 Å². The third-order valence-electron chi connectivity index (χ3n) is 5.91. The van der Waals surface area contributed by atoms with Crippen molar-refractivity contribution in [2.45, 2.75) is 38.1 Å². The molecule has 1 amide bonds. The largest absolute Gasteiger partial charge is 0.383 e. The van der Waals surface area contributed by atoms with Crippen molar-refractivity contribution < 1.29 is 4.79 Å². The third-order valence-corrected chi connectivity index (χ3v) is 6.65. The van der Waals surface area contributed by atoms with Crippen molar-refractivity contribution in [3.05, 3.63) is 63.6 Å². The van der Waals surface area contributed by atoms with Crippen molar-refractivity contribution in [3.63, 3.8) is 0 Å². The average molecular weight is 481 g/mol. The van der Waals surface area contributed by atoms with Gasteiger partial charge in [-0.25, -0.2) is 9.97 Å². The van der Waals surface area contributed by atoms with Crippen molar-refractivity contribution in [3.8, 4) is 0 Å². The van der Waals surface area contributed by atoms with Crippen LogP contribution in [0.5, 0.6) is 0 Å². The first-order chi connectivity index (χ1) is 16.0. The lowest BCUT2D eigenvalue weighted by Crippen LogP contribution is -2.36. The number of aromatic nitrogens is 3. The topological polar surface area (TPSA) is 98.2 Å². The van der Waals surface area contributed by atoms with E-state index in [2.05, 4.69) is 10.4 Å². The van der Waals surface area contributed by atoms with Crippen LogP contribution in [0.2, 0.25) is 10.0 Å². The Labute approximate surface area is 200 Å². The van der Waals surface area contributed by atoms with Crippen LogP contribution < -0.4 is 11.1 Å². The molecule has 9 heteroatoms. The number of hydrogen-bond donors (Lipinski definition) is 2. The van der Waals surface area contributed by atoms with E-state index in [0.29, 0.717) is 37.8 Å². The number of nitrogens with zero attached hydrogens (tertiary/aromatic N) is 4. The van der Waals surface area contributed by atoms with E-state index in [1.807, 2.05) is 24.3 Å². The Hall–Kier alpha value is -3.16. The van der Waals surface area contributed by atoms with Crippen LogP contribution in [0.3, 0.4) is 0 Å². The number of anilines is 1. The molecule has 1 fully saturated rings. The van der Waals surface area contributed by atoms with Gasteiger partial charge in [-0.05, 0) is 42.7 Å². The smallest absolute Gasteiger partial charge is 0.257 e. The second-order valence-corrected chi connectivity index (χ2v) is 9.00. The van der Waals surface area contributed by atoms with Crippen LogP contribution >= 0.6 is 23.2 Å². The molecule has 2 aromatic heterocycles. The van der Waals surface area contributed by atoms with Crippen LogP contribution in [0.4, 0.5) is 5.82 Å². The van der Waals surface area contributed by atoms with Crippen LogP contribution in [-0.2, 0) is 0 Å². The predicted octanol–water partition coefficient (Wildman–Crippen LogP) is 5.42. The van der Waals surface area contributed by atoms with E-state index in [-0.39, 0.29) is 17.8 Å². The maximum atomic E-state index is 13.3. The van der Waals surface area contributed by atoms with E-state index in [1.54, 1.807) is 24.4 Å². The van der Waals surface area contributed by atoms with Crippen LogP contribution in [0.15, 0.2) is 47.6 Å². The van der Waals surface area contributed by atoms with Gasteiger partial charge in [-0.3, -0.25) is 4.79 Å². The first-order valence-corrected chi connectivity index (χ1v) is 11.6. The zero-order valence-corrected chi connectivity index (χ0v) is 19.3. The number of nitrogen functional groups attached to an aromatic ring is 1. The van der Waals surface area contributed by atoms with Gasteiger partial charge in [0.25, 0.3) is 5.91 Å². The summed E-state index contributed by atoms with van der Waals surface area (Å²) in [6.07, 6.45) is 6.95. The van der Waals surface area contributed by atoms with E-state index in [4.69, 9.17) is 38.9 Å². The number of carbonyl (C=O) groups excluding carboxylic acids is 1. The molecule has 4 aromatic rings. The molecule has 0 bridgehead atoms. The second kappa shape index (κ2) is 9.00. The highest BCUT2D eigenvalue weighted by molar-refractivity contribution is 6.42. The fourth-order valence-corrected chi connectivity index (χ4v) is 4.52. The van der Waals surface area contributed by atoms with E-state index in [1.165, 1.54) is 11.1 Å². The molecule has 2 heterocycles. The van der Waals surface area contributed by atoms with Gasteiger partial charge < -0.3 is 11.1 Å². The van der Waals surface area contributed by atoms with Crippen molar-refractivity contribution in [1.29, 1.82) is 0 Å². The number of halogens is 2. The summed E-state index contributed by atoms with van der Waals surface area (Å²) in [4.78, 5) is 22.7. The summed E-state index contributed by atoms with van der Waals surface area (Å²) in [5.74, 6) is -0.0672. The molecule has 0 spiro atoms. The number of rotatable bonds is 4. The van der Waals surface area contributed by atoms with Gasteiger partial charge in [-0.1, -0.05) is 60.7 Å². The molecule has 33 heavy (non-hydrogen) atoms. The average Bonchev–Trinajstić information content (AvgIpc) is 3.09. The number of carbonyl (C=O) groups is 1. The van der Waals surface area contributed by atoms with Gasteiger partial charge in [-0.15, -0.1) is 0 Å². The summed E-state index contributed by atoms with van der Waals surface area (Å²) in [5.41, 5.74) is 9.69. The summed E-state index contributed by atoms with van der Waals surface area (Å²) in [6.45, 7) is 0. The van der Waals surface area contributed by atoms with Gasteiger partial charge in [0.1, 0.15) is 16.9 Å². The highest BCUT2D eigenvalue weighted by Gasteiger charge is 2.26. The van der Waals surface area contributed by atoms with Crippen molar-refractivity contribution in [2.75, 3.05) is 5.73 Å². The molecule has 1 saturated carbocycles. The number of benzene rings is 2. The van der Waals surface area contributed by atoms with Crippen LogP contribution in [0.1, 0.15) is 48.0 Å². The number of nitrogens with one attached hydrogen (secondary N) is 1. The molecule has 0 unspecified atom stereocenters. The number of hydrogen-bond acceptors (Lipinski definition) is 5. The summed E-state index contributed by atoms with van der Waals surface area (Å²) >= 11 is 12.1. The lowest BCUT2D eigenvalue weighted by molar-refractivity contribution is 0.0930. The summed E-state index contributed by atoms with van der Waals surface area (Å²) in [6, 6.07) is 12.8. The zero-order chi connectivity index (χ0) is 22.9. The molecule has 0 aliphatic heterocycles. The SMILES string of the molecule is Nc1c(C(=O)NC2CCCCC2)c2nc3ccccc3nc2n1/N=C/c1ccc(Cl)c(Cl)c1. The molecular formula is C24H22Cl2N6O. The first kappa shape index (κ1) is 21.7. The fraction of sp³-hybridized carbons (Fsp3) is 0.250. The van der Waals surface area contributed by atoms with Gasteiger partial charge in [0.05, 0.1) is 27.3 Å². The Morgan fingerprint density at radius 3 is 2.52 bits per heavy atom. The molecule has 0 saturated heterocycles. The molecule has 7 nitrogen and oxygen atoms in total. The molecule has 2 aromatic carbocycles. The highest BCUT2D eigenvalue weighted by atomic mass is 35.5. The summed E-state index contributed by atoms with van der Waals surface area (Å²) < 4.78 is 1.45. The van der Waals surface area contributed by atoms with Crippen LogP contribution in [-0.4, -0.2) is 32.8 Å². The van der Waals surface area contributed by atoms with E-state index < -0.39 is 0 Å². The van der Waals surface area contributed by atoms with Gasteiger partial charge in [-0.2, -0.15) is 9.78 Å². The lowest BCUT2D eigenvalue weighted by atomic mass is 9.95. The number of fused-ring (bicyclic) bond motifs is 2. The van der Waals surface area contributed by atoms with Gasteiger partial charge in [0.15, 0.2) is 5.65 Å². The van der Waals surface area contributed by atoms with Gasteiger partial charge in [0, 0.05) is 6.04 Å². The normalized spacial score (nSPS) is 15.0. The molecule has 5 rings (SSSR count). The Kier molecular flexibility index (Phi) is 5.91. The predicted molar refractivity (Wildman–Crippen MR) is 133 cm³/mol. The minimum Gasteiger partial charge on any atom is -0.383 e. The second-order valence-electron chi connectivity index (χ2n) is 8.18. The Bertz CT molecular complexity index is 1390. The quantitative estimate of drug-likeness (QED) is 0.381. The Morgan fingerprint density at radius 1 is 1.06 bits per heavy atom. The van der Waals surface area contributed by atoms with E-state index in [0.717, 1.165) is 31.2 Å². The highest BCUT2D eigenvalue weighted by Crippen LogP contribution is 2.29. The Balaban J connectivity index is 1.62. The zero-order valence-electron chi connectivity index (χ0n) is 17.8. The molecule has 0 radical (unpaired) electrons. The molecule has 3 N–H and O–H groups in total. The van der Waals surface area contributed by atoms with Crippen molar-refractivity contribution in [2.24, 2.45) is 5.10 Å². The molecule has 168 valence electrons. The lowest BCUT2D eigenvalue weighted by Gasteiger charge is -2.22. The molecule has 1 aliphatic carbocycles.